The van der Waals surface area contributed by atoms with Crippen LogP contribution < -0.4 is 0 Å². The Hall–Kier alpha value is -0.980. The first-order chi connectivity index (χ1) is 8.92. The van der Waals surface area contributed by atoms with Crippen LogP contribution in [0.3, 0.4) is 0 Å². The first-order valence-corrected chi connectivity index (χ1v) is 7.27. The average molecular weight is 283 g/mol. The Balaban J connectivity index is 2.05. The molecule has 0 saturated carbocycles. The average Bonchev–Trinajstić information content (AvgIpc) is 2.74. The summed E-state index contributed by atoms with van der Waals surface area (Å²) in [4.78, 5) is 21.6. The lowest BCUT2D eigenvalue weighted by Gasteiger charge is -2.40. The molecule has 0 N–H and O–H groups in total. The summed E-state index contributed by atoms with van der Waals surface area (Å²) in [5, 5.41) is 0. The minimum Gasteiger partial charge on any atom is -0.363 e. The predicted molar refractivity (Wildman–Crippen MR) is 75.2 cm³/mol. The van der Waals surface area contributed by atoms with Crippen LogP contribution in [-0.4, -0.2) is 60.1 Å². The molecule has 1 saturated heterocycles. The molecule has 0 aliphatic carbocycles. The molecule has 6 heteroatoms. The summed E-state index contributed by atoms with van der Waals surface area (Å²) in [5.74, 6) is 0.0261. The van der Waals surface area contributed by atoms with Crippen molar-refractivity contribution in [3.8, 4) is 0 Å². The number of likely N-dealkylation sites (N-methyl/N-ethyl adjacent to an activating group) is 1. The molecule has 5 nitrogen and oxygen atoms in total. The largest absolute Gasteiger partial charge is 0.363 e. The van der Waals surface area contributed by atoms with E-state index < -0.39 is 5.60 Å². The topological polar surface area (TPSA) is 45.7 Å². The normalized spacial score (nSPS) is 24.4. The van der Waals surface area contributed by atoms with E-state index in [1.165, 1.54) is 4.88 Å². The maximum Gasteiger partial charge on any atom is 0.255 e. The van der Waals surface area contributed by atoms with Gasteiger partial charge in [-0.25, -0.2) is 4.98 Å². The Labute approximate surface area is 118 Å². The van der Waals surface area contributed by atoms with E-state index in [1.807, 2.05) is 19.4 Å². The van der Waals surface area contributed by atoms with Gasteiger partial charge in [-0.05, 0) is 13.8 Å². The van der Waals surface area contributed by atoms with Crippen LogP contribution in [0.1, 0.15) is 17.5 Å². The van der Waals surface area contributed by atoms with Gasteiger partial charge in [-0.3, -0.25) is 9.69 Å². The van der Waals surface area contributed by atoms with Crippen LogP contribution in [0.2, 0.25) is 0 Å². The molecule has 1 atom stereocenters. The maximum atomic E-state index is 12.2. The third kappa shape index (κ3) is 3.13. The third-order valence-electron chi connectivity index (χ3n) is 3.42. The zero-order valence-corrected chi connectivity index (χ0v) is 12.8. The van der Waals surface area contributed by atoms with E-state index >= 15 is 0 Å². The van der Waals surface area contributed by atoms with Gasteiger partial charge >= 0.3 is 0 Å². The number of nitrogens with zero attached hydrogens (tertiary/aromatic N) is 3. The number of aromatic nitrogens is 1. The predicted octanol–water partition coefficient (Wildman–Crippen LogP) is 1.13. The molecular weight excluding hydrogens is 262 g/mol. The lowest BCUT2D eigenvalue weighted by molar-refractivity contribution is -0.165. The highest BCUT2D eigenvalue weighted by Gasteiger charge is 2.40. The summed E-state index contributed by atoms with van der Waals surface area (Å²) in [6, 6.07) is 0. The first kappa shape index (κ1) is 14.4. The van der Waals surface area contributed by atoms with Crippen molar-refractivity contribution < 1.29 is 9.53 Å². The van der Waals surface area contributed by atoms with Crippen molar-refractivity contribution in [2.75, 3.05) is 33.8 Å². The van der Waals surface area contributed by atoms with Gasteiger partial charge in [0.1, 0.15) is 0 Å². The van der Waals surface area contributed by atoms with Crippen molar-refractivity contribution in [1.82, 2.24) is 14.8 Å². The molecule has 0 aromatic carbocycles. The Kier molecular flexibility index (Phi) is 4.23. The number of rotatable bonds is 3. The van der Waals surface area contributed by atoms with Gasteiger partial charge in [0.15, 0.2) is 5.60 Å². The fraction of sp³-hybridized carbons (Fsp3) is 0.692. The molecule has 2 rings (SSSR count). The second-order valence-electron chi connectivity index (χ2n) is 5.35. The molecule has 2 heterocycles. The zero-order valence-electron chi connectivity index (χ0n) is 12.0. The highest BCUT2D eigenvalue weighted by molar-refractivity contribution is 7.09. The molecule has 0 bridgehead atoms. The third-order valence-corrected chi connectivity index (χ3v) is 4.34. The van der Waals surface area contributed by atoms with E-state index in [1.54, 1.807) is 30.3 Å². The zero-order chi connectivity index (χ0) is 14.0. The molecule has 1 aromatic rings. The van der Waals surface area contributed by atoms with Crippen LogP contribution in [0.5, 0.6) is 0 Å². The quantitative estimate of drug-likeness (QED) is 0.834. The van der Waals surface area contributed by atoms with Gasteiger partial charge in [0.25, 0.3) is 5.91 Å². The highest BCUT2D eigenvalue weighted by Crippen LogP contribution is 2.23. The van der Waals surface area contributed by atoms with Crippen molar-refractivity contribution in [3.63, 3.8) is 0 Å². The van der Waals surface area contributed by atoms with Crippen LogP contribution >= 0.6 is 11.3 Å². The van der Waals surface area contributed by atoms with Gasteiger partial charge in [-0.1, -0.05) is 0 Å². The van der Waals surface area contributed by atoms with Gasteiger partial charge in [-0.2, -0.15) is 0 Å². The molecule has 0 unspecified atom stereocenters. The van der Waals surface area contributed by atoms with Crippen LogP contribution in [0.25, 0.3) is 0 Å². The maximum absolute atomic E-state index is 12.2. The van der Waals surface area contributed by atoms with Crippen LogP contribution in [-0.2, 0) is 16.1 Å². The molecule has 1 aromatic heterocycles. The summed E-state index contributed by atoms with van der Waals surface area (Å²) in [7, 11) is 3.53. The van der Waals surface area contributed by atoms with Gasteiger partial charge in [0.2, 0.25) is 0 Å². The summed E-state index contributed by atoms with van der Waals surface area (Å²) >= 11 is 1.67. The molecule has 1 fully saturated rings. The van der Waals surface area contributed by atoms with Crippen molar-refractivity contribution >= 4 is 17.2 Å². The van der Waals surface area contributed by atoms with Gasteiger partial charge in [0, 0.05) is 38.6 Å². The Morgan fingerprint density at radius 3 is 2.95 bits per heavy atom. The number of aryl methyl sites for hydroxylation is 1. The summed E-state index contributed by atoms with van der Waals surface area (Å²) in [6.45, 7) is 6.82. The number of thiazole rings is 1. The Bertz CT molecular complexity index is 460. The van der Waals surface area contributed by atoms with E-state index in [0.717, 1.165) is 18.8 Å². The monoisotopic (exact) mass is 283 g/mol. The van der Waals surface area contributed by atoms with Gasteiger partial charge in [0.05, 0.1) is 17.8 Å². The first-order valence-electron chi connectivity index (χ1n) is 6.39. The summed E-state index contributed by atoms with van der Waals surface area (Å²) in [5.41, 5.74) is 2.22. The van der Waals surface area contributed by atoms with Crippen molar-refractivity contribution in [1.29, 1.82) is 0 Å². The molecular formula is C13H21N3O2S. The molecule has 1 aliphatic rings. The fourth-order valence-corrected chi connectivity index (χ4v) is 3.19. The molecule has 0 radical (unpaired) electrons. The van der Waals surface area contributed by atoms with Gasteiger partial charge < -0.3 is 9.64 Å². The second kappa shape index (κ2) is 5.56. The lowest BCUT2D eigenvalue weighted by atomic mass is 10.0. The van der Waals surface area contributed by atoms with Crippen molar-refractivity contribution in [2.24, 2.45) is 0 Å². The van der Waals surface area contributed by atoms with Crippen LogP contribution in [0.4, 0.5) is 0 Å². The molecule has 0 spiro atoms. The highest BCUT2D eigenvalue weighted by atomic mass is 32.1. The van der Waals surface area contributed by atoms with E-state index in [9.17, 15) is 4.79 Å². The molecule has 106 valence electrons. The number of morpholine rings is 1. The van der Waals surface area contributed by atoms with Crippen LogP contribution in [0, 0.1) is 6.92 Å². The standard InChI is InChI=1S/C13H21N3O2S/c1-10-11(19-9-14-10)7-16-5-6-18-13(2,8-16)12(17)15(3)4/h9H,5-8H2,1-4H3/t13-/m0/s1. The number of carbonyl (C=O) groups excluding carboxylic acids is 1. The molecule has 1 amide bonds. The van der Waals surface area contributed by atoms with E-state index in [-0.39, 0.29) is 5.91 Å². The molecule has 1 aliphatic heterocycles. The van der Waals surface area contributed by atoms with E-state index in [2.05, 4.69) is 9.88 Å². The minimum absolute atomic E-state index is 0.0261. The number of amides is 1. The Morgan fingerprint density at radius 1 is 1.63 bits per heavy atom. The number of hydrogen-bond acceptors (Lipinski definition) is 5. The van der Waals surface area contributed by atoms with Crippen molar-refractivity contribution in [3.05, 3.63) is 16.1 Å². The van der Waals surface area contributed by atoms with Crippen molar-refractivity contribution in [2.45, 2.75) is 26.0 Å². The number of hydrogen-bond donors (Lipinski definition) is 0. The summed E-state index contributed by atoms with van der Waals surface area (Å²) in [6.07, 6.45) is 0. The van der Waals surface area contributed by atoms with Crippen LogP contribution in [0.15, 0.2) is 5.51 Å². The van der Waals surface area contributed by atoms with E-state index in [4.69, 9.17) is 4.74 Å². The van der Waals surface area contributed by atoms with Gasteiger partial charge in [-0.15, -0.1) is 11.3 Å². The number of carbonyl (C=O) groups is 1. The number of ether oxygens (including phenoxy) is 1. The smallest absolute Gasteiger partial charge is 0.255 e. The lowest BCUT2D eigenvalue weighted by Crippen LogP contribution is -2.57. The minimum atomic E-state index is -0.736. The Morgan fingerprint density at radius 2 is 2.37 bits per heavy atom. The second-order valence-corrected chi connectivity index (χ2v) is 6.29. The van der Waals surface area contributed by atoms with E-state index in [0.29, 0.717) is 13.2 Å². The molecule has 19 heavy (non-hydrogen) atoms. The summed E-state index contributed by atoms with van der Waals surface area (Å²) < 4.78 is 5.72. The fourth-order valence-electron chi connectivity index (χ4n) is 2.37. The SMILES string of the molecule is Cc1ncsc1CN1CCO[C@](C)(C(=O)N(C)C)C1.